The Labute approximate surface area is 92.9 Å². The van der Waals surface area contributed by atoms with E-state index in [1.54, 1.807) is 0 Å². The Bertz CT molecular complexity index is 246. The number of nitrogens with two attached hydrogens (primary N) is 1. The maximum absolute atomic E-state index is 5.52. The first kappa shape index (κ1) is 12.2. The van der Waals surface area contributed by atoms with Gasteiger partial charge in [-0.1, -0.05) is 30.3 Å². The van der Waals surface area contributed by atoms with Crippen LogP contribution in [-0.4, -0.2) is 19.1 Å². The van der Waals surface area contributed by atoms with Crippen LogP contribution in [0, 0.1) is 0 Å². The molecule has 15 heavy (non-hydrogen) atoms. The molecule has 0 heterocycles. The van der Waals surface area contributed by atoms with Crippen LogP contribution in [0.3, 0.4) is 0 Å². The van der Waals surface area contributed by atoms with E-state index in [1.807, 2.05) is 0 Å². The van der Waals surface area contributed by atoms with Gasteiger partial charge in [-0.15, -0.1) is 0 Å². The number of aryl methyl sites for hydroxylation is 1. The molecule has 1 aromatic rings. The van der Waals surface area contributed by atoms with Crippen molar-refractivity contribution >= 4 is 0 Å². The maximum Gasteiger partial charge on any atom is 0.0161 e. The smallest absolute Gasteiger partial charge is 0.0161 e. The maximum atomic E-state index is 5.52. The monoisotopic (exact) mass is 206 g/mol. The molecule has 2 heteroatoms. The summed E-state index contributed by atoms with van der Waals surface area (Å²) in [4.78, 5) is 0. The summed E-state index contributed by atoms with van der Waals surface area (Å²) >= 11 is 0. The van der Waals surface area contributed by atoms with E-state index >= 15 is 0 Å². The van der Waals surface area contributed by atoms with Crippen molar-refractivity contribution in [1.29, 1.82) is 0 Å². The van der Waals surface area contributed by atoms with E-state index in [1.165, 1.54) is 24.8 Å². The van der Waals surface area contributed by atoms with Crippen molar-refractivity contribution in [3.63, 3.8) is 0 Å². The van der Waals surface area contributed by atoms with Crippen LogP contribution in [0.2, 0.25) is 0 Å². The number of rotatable bonds is 7. The van der Waals surface area contributed by atoms with Gasteiger partial charge in [0.15, 0.2) is 0 Å². The van der Waals surface area contributed by atoms with Crippen LogP contribution < -0.4 is 11.1 Å². The lowest BCUT2D eigenvalue weighted by Crippen LogP contribution is -2.33. The van der Waals surface area contributed by atoms with Gasteiger partial charge in [-0.25, -0.2) is 0 Å². The minimum absolute atomic E-state index is 0.446. The SMILES string of the molecule is C[C@H](CN)NCCCCc1ccccc1. The highest BCUT2D eigenvalue weighted by atomic mass is 14.9. The third-order valence-corrected chi connectivity index (χ3v) is 2.58. The van der Waals surface area contributed by atoms with E-state index in [-0.39, 0.29) is 0 Å². The second-order valence-electron chi connectivity index (χ2n) is 4.03. The molecule has 1 atom stereocenters. The van der Waals surface area contributed by atoms with Crippen LogP contribution in [0.5, 0.6) is 0 Å². The molecule has 1 aromatic carbocycles. The Balaban J connectivity index is 2.03. The van der Waals surface area contributed by atoms with Gasteiger partial charge in [0.25, 0.3) is 0 Å². The molecule has 0 aliphatic carbocycles. The summed E-state index contributed by atoms with van der Waals surface area (Å²) in [6.45, 7) is 3.92. The summed E-state index contributed by atoms with van der Waals surface area (Å²) in [5.41, 5.74) is 6.95. The third kappa shape index (κ3) is 5.55. The van der Waals surface area contributed by atoms with E-state index < -0.39 is 0 Å². The molecule has 1 rings (SSSR count). The van der Waals surface area contributed by atoms with Gasteiger partial charge in [-0.2, -0.15) is 0 Å². The van der Waals surface area contributed by atoms with Gasteiger partial charge >= 0.3 is 0 Å². The van der Waals surface area contributed by atoms with E-state index in [2.05, 4.69) is 42.6 Å². The summed E-state index contributed by atoms with van der Waals surface area (Å²) in [5, 5.41) is 3.39. The number of hydrogen-bond donors (Lipinski definition) is 2. The number of unbranched alkanes of at least 4 members (excludes halogenated alkanes) is 1. The fourth-order valence-electron chi connectivity index (χ4n) is 1.53. The largest absolute Gasteiger partial charge is 0.329 e. The minimum Gasteiger partial charge on any atom is -0.329 e. The molecule has 0 unspecified atom stereocenters. The van der Waals surface area contributed by atoms with Crippen LogP contribution in [0.15, 0.2) is 30.3 Å². The zero-order valence-electron chi connectivity index (χ0n) is 9.58. The Kier molecular flexibility index (Phi) is 6.05. The molecule has 2 nitrogen and oxygen atoms in total. The molecule has 3 N–H and O–H groups in total. The molecule has 0 aliphatic heterocycles. The first-order valence-electron chi connectivity index (χ1n) is 5.80. The van der Waals surface area contributed by atoms with Crippen molar-refractivity contribution in [2.75, 3.05) is 13.1 Å². The van der Waals surface area contributed by atoms with Gasteiger partial charge in [-0.05, 0) is 38.3 Å². The molecule has 0 spiro atoms. The van der Waals surface area contributed by atoms with Crippen molar-refractivity contribution < 1.29 is 0 Å². The summed E-state index contributed by atoms with van der Waals surface area (Å²) in [7, 11) is 0. The Morgan fingerprint density at radius 3 is 2.60 bits per heavy atom. The number of hydrogen-bond acceptors (Lipinski definition) is 2. The van der Waals surface area contributed by atoms with Gasteiger partial charge in [0.2, 0.25) is 0 Å². The van der Waals surface area contributed by atoms with Crippen LogP contribution in [0.4, 0.5) is 0 Å². The summed E-state index contributed by atoms with van der Waals surface area (Å²) < 4.78 is 0. The Morgan fingerprint density at radius 1 is 1.20 bits per heavy atom. The lowest BCUT2D eigenvalue weighted by molar-refractivity contribution is 0.534. The highest BCUT2D eigenvalue weighted by molar-refractivity contribution is 5.14. The lowest BCUT2D eigenvalue weighted by Gasteiger charge is -2.10. The molecular formula is C13H22N2. The van der Waals surface area contributed by atoms with E-state index in [9.17, 15) is 0 Å². The molecule has 0 saturated carbocycles. The average molecular weight is 206 g/mol. The van der Waals surface area contributed by atoms with Crippen molar-refractivity contribution in [3.05, 3.63) is 35.9 Å². The number of benzene rings is 1. The van der Waals surface area contributed by atoms with Crippen molar-refractivity contribution in [1.82, 2.24) is 5.32 Å². The first-order valence-corrected chi connectivity index (χ1v) is 5.80. The molecule has 0 fully saturated rings. The molecular weight excluding hydrogens is 184 g/mol. The topological polar surface area (TPSA) is 38.0 Å². The molecule has 84 valence electrons. The van der Waals surface area contributed by atoms with Crippen LogP contribution >= 0.6 is 0 Å². The van der Waals surface area contributed by atoms with Crippen LogP contribution in [0.25, 0.3) is 0 Å². The molecule has 0 radical (unpaired) electrons. The summed E-state index contributed by atoms with van der Waals surface area (Å²) in [5.74, 6) is 0. The summed E-state index contributed by atoms with van der Waals surface area (Å²) in [6, 6.07) is 11.1. The standard InChI is InChI=1S/C13H22N2/c1-12(11-14)15-10-6-5-9-13-7-3-2-4-8-13/h2-4,7-8,12,15H,5-6,9-11,14H2,1H3/t12-/m1/s1. The van der Waals surface area contributed by atoms with E-state index in [0.29, 0.717) is 6.04 Å². The van der Waals surface area contributed by atoms with Gasteiger partial charge in [0, 0.05) is 12.6 Å². The van der Waals surface area contributed by atoms with Crippen molar-refractivity contribution in [2.45, 2.75) is 32.2 Å². The molecule has 0 amide bonds. The summed E-state index contributed by atoms with van der Waals surface area (Å²) in [6.07, 6.45) is 3.65. The normalized spacial score (nSPS) is 12.7. The minimum atomic E-state index is 0.446. The van der Waals surface area contributed by atoms with Crippen molar-refractivity contribution in [2.24, 2.45) is 5.73 Å². The van der Waals surface area contributed by atoms with Gasteiger partial charge < -0.3 is 11.1 Å². The Hall–Kier alpha value is -0.860. The van der Waals surface area contributed by atoms with E-state index in [4.69, 9.17) is 5.73 Å². The zero-order valence-corrected chi connectivity index (χ0v) is 9.58. The fourth-order valence-corrected chi connectivity index (χ4v) is 1.53. The second kappa shape index (κ2) is 7.43. The Morgan fingerprint density at radius 2 is 1.93 bits per heavy atom. The second-order valence-corrected chi connectivity index (χ2v) is 4.03. The van der Waals surface area contributed by atoms with Gasteiger partial charge in [0.05, 0.1) is 0 Å². The van der Waals surface area contributed by atoms with Crippen LogP contribution in [-0.2, 0) is 6.42 Å². The highest BCUT2D eigenvalue weighted by Gasteiger charge is 1.96. The molecule has 0 aliphatic rings. The molecule has 0 bridgehead atoms. The fraction of sp³-hybridized carbons (Fsp3) is 0.538. The first-order chi connectivity index (χ1) is 7.33. The molecule has 0 aromatic heterocycles. The van der Waals surface area contributed by atoms with E-state index in [0.717, 1.165) is 13.1 Å². The molecule has 0 saturated heterocycles. The van der Waals surface area contributed by atoms with Crippen molar-refractivity contribution in [3.8, 4) is 0 Å². The zero-order chi connectivity index (χ0) is 10.9. The predicted octanol–water partition coefficient (Wildman–Crippen LogP) is 1.95. The van der Waals surface area contributed by atoms with Gasteiger partial charge in [-0.3, -0.25) is 0 Å². The average Bonchev–Trinajstić information content (AvgIpc) is 2.29. The van der Waals surface area contributed by atoms with Gasteiger partial charge in [0.1, 0.15) is 0 Å². The quantitative estimate of drug-likeness (QED) is 0.669. The predicted molar refractivity (Wildman–Crippen MR) is 65.9 cm³/mol. The highest BCUT2D eigenvalue weighted by Crippen LogP contribution is 2.03. The third-order valence-electron chi connectivity index (χ3n) is 2.58. The lowest BCUT2D eigenvalue weighted by atomic mass is 10.1. The number of nitrogens with one attached hydrogen (secondary N) is 1. The van der Waals surface area contributed by atoms with Crippen LogP contribution in [0.1, 0.15) is 25.3 Å².